The van der Waals surface area contributed by atoms with Gasteiger partial charge in [-0.3, -0.25) is 14.6 Å². The van der Waals surface area contributed by atoms with Crippen LogP contribution in [0.2, 0.25) is 0 Å². The third-order valence-electron chi connectivity index (χ3n) is 9.93. The number of fused-ring (bicyclic) bond motifs is 4. The Kier molecular flexibility index (Phi) is 13.6. The minimum absolute atomic E-state index is 0.102. The fourth-order valence-corrected chi connectivity index (χ4v) is 10.3. The van der Waals surface area contributed by atoms with Crippen LogP contribution in [0.15, 0.2) is 126 Å². The molecule has 0 spiro atoms. The lowest BCUT2D eigenvalue weighted by Crippen LogP contribution is -2.52. The van der Waals surface area contributed by atoms with Gasteiger partial charge in [0.2, 0.25) is 11.8 Å². The van der Waals surface area contributed by atoms with E-state index in [9.17, 15) is 19.2 Å². The molecule has 0 radical (unpaired) electrons. The van der Waals surface area contributed by atoms with Crippen LogP contribution in [0.1, 0.15) is 73.6 Å². The molecule has 0 unspecified atom stereocenters. The van der Waals surface area contributed by atoms with E-state index in [1.165, 1.54) is 40.2 Å². The summed E-state index contributed by atoms with van der Waals surface area (Å²) in [5, 5.41) is 8.94. The van der Waals surface area contributed by atoms with Crippen molar-refractivity contribution in [3.05, 3.63) is 154 Å². The maximum atomic E-state index is 14.2. The van der Waals surface area contributed by atoms with E-state index < -0.39 is 46.0 Å². The molecule has 3 atom stereocenters. The number of thiazole rings is 1. The minimum Gasteiger partial charge on any atom is -0.456 e. The number of aromatic nitrogens is 3. The highest BCUT2D eigenvalue weighted by Crippen LogP contribution is 2.48. The van der Waals surface area contributed by atoms with Crippen molar-refractivity contribution < 1.29 is 28.7 Å². The zero-order chi connectivity index (χ0) is 43.0. The molecule has 12 nitrogen and oxygen atoms in total. The molecule has 15 heteroatoms. The summed E-state index contributed by atoms with van der Waals surface area (Å²) in [6.45, 7) is 7.17. The monoisotopic (exact) mass is 876 g/mol. The Morgan fingerprint density at radius 1 is 0.984 bits per heavy atom. The largest absolute Gasteiger partial charge is 0.456 e. The number of carbonyl (C=O) groups is 4. The number of esters is 1. The molecule has 0 fully saturated rings. The number of rotatable bonds is 10. The fraction of sp³-hybridized carbons (Fsp3) is 0.326. The molecule has 316 valence electrons. The number of nitrogens with one attached hydrogen (secondary N) is 2. The summed E-state index contributed by atoms with van der Waals surface area (Å²) in [4.78, 5) is 68.2. The predicted octanol–water partition coefficient (Wildman–Crippen LogP) is 7.71. The predicted molar refractivity (Wildman–Crippen MR) is 241 cm³/mol. The first-order chi connectivity index (χ1) is 29.3. The maximum absolute atomic E-state index is 14.2. The highest BCUT2D eigenvalue weighted by molar-refractivity contribution is 8.14. The first-order valence-corrected chi connectivity index (χ1v) is 22.9. The van der Waals surface area contributed by atoms with Crippen molar-refractivity contribution in [2.75, 3.05) is 11.5 Å². The van der Waals surface area contributed by atoms with E-state index in [1.807, 2.05) is 29.7 Å². The molecule has 2 aliphatic rings. The molecule has 3 aromatic carbocycles. The van der Waals surface area contributed by atoms with Gasteiger partial charge in [0.1, 0.15) is 45.4 Å². The molecule has 2 N–H and O–H groups in total. The Labute approximate surface area is 368 Å². The number of aliphatic imine (C=N–C) groups is 1. The van der Waals surface area contributed by atoms with E-state index in [-0.39, 0.29) is 25.3 Å². The first kappa shape index (κ1) is 43.6. The van der Waals surface area contributed by atoms with Crippen LogP contribution < -0.4 is 10.6 Å². The number of hydrogen-bond acceptors (Lipinski definition) is 12. The zero-order valence-electron chi connectivity index (χ0n) is 34.4. The lowest BCUT2D eigenvalue weighted by molar-refractivity contribution is -0.152. The van der Waals surface area contributed by atoms with Gasteiger partial charge in [0.15, 0.2) is 0 Å². The third kappa shape index (κ3) is 10.7. The number of allylic oxidation sites excluding steroid dienone is 1. The fourth-order valence-electron chi connectivity index (χ4n) is 6.94. The lowest BCUT2D eigenvalue weighted by atomic mass is 9.84. The van der Waals surface area contributed by atoms with Crippen molar-refractivity contribution in [2.24, 2.45) is 4.99 Å². The molecule has 4 bridgehead atoms. The maximum Gasteiger partial charge on any atom is 0.419 e. The van der Waals surface area contributed by atoms with Gasteiger partial charge in [0, 0.05) is 23.8 Å². The number of thioether (sulfide) groups is 2. The second kappa shape index (κ2) is 19.0. The van der Waals surface area contributed by atoms with Crippen LogP contribution in [0, 0.1) is 0 Å². The number of nitrogens with zero attached hydrogens (tertiary/aromatic N) is 4. The van der Waals surface area contributed by atoms with E-state index >= 15 is 0 Å². The van der Waals surface area contributed by atoms with Gasteiger partial charge in [-0.25, -0.2) is 24.1 Å². The van der Waals surface area contributed by atoms with Crippen LogP contribution in [-0.4, -0.2) is 78.2 Å². The van der Waals surface area contributed by atoms with E-state index in [1.54, 1.807) is 45.5 Å². The normalized spacial score (nSPS) is 20.1. The standard InChI is InChI=1S/C46H48N6O6S3/c1-44(2,3)58-43(56)52-27-34(48-30-52)24-36-41(54)57-35(25-38(53)47-26-39-49-37(28-59-39)40-51-45(4,29-60-40)42(55)50-36)22-14-15-23-61-46(31-16-8-5-9-17-31,32-18-10-6-11-19-32)33-20-12-7-13-21-33/h5-14,16-22,27-28,30,35-36H,15,23-26,29H2,1-4H3,(H,47,53)(H,50,55)/b22-14+/t35-,36+,45+/m1/s1. The van der Waals surface area contributed by atoms with Crippen LogP contribution in [0.3, 0.4) is 0 Å². The Bertz CT molecular complexity index is 2300. The number of benzene rings is 3. The third-order valence-corrected chi connectivity index (χ3v) is 13.6. The molecule has 0 saturated carbocycles. The highest BCUT2D eigenvalue weighted by Gasteiger charge is 2.42. The second-order valence-electron chi connectivity index (χ2n) is 15.9. The van der Waals surface area contributed by atoms with Gasteiger partial charge >= 0.3 is 12.1 Å². The average Bonchev–Trinajstić information content (AvgIpc) is 4.02. The van der Waals surface area contributed by atoms with Crippen LogP contribution in [0.4, 0.5) is 4.79 Å². The summed E-state index contributed by atoms with van der Waals surface area (Å²) in [5.41, 5.74) is 2.47. The zero-order valence-corrected chi connectivity index (χ0v) is 36.9. The number of cyclic esters (lactones) is 1. The van der Waals surface area contributed by atoms with Crippen molar-refractivity contribution in [3.63, 3.8) is 0 Å². The molecule has 2 amide bonds. The Morgan fingerprint density at radius 3 is 2.25 bits per heavy atom. The lowest BCUT2D eigenvalue weighted by Gasteiger charge is -2.35. The van der Waals surface area contributed by atoms with Gasteiger partial charge in [0.05, 0.1) is 23.4 Å². The molecule has 61 heavy (non-hydrogen) atoms. The minimum atomic E-state index is -1.23. The molecule has 2 aromatic heterocycles. The summed E-state index contributed by atoms with van der Waals surface area (Å²) in [5.74, 6) is -0.565. The average molecular weight is 877 g/mol. The summed E-state index contributed by atoms with van der Waals surface area (Å²) < 4.78 is 12.2. The number of hydrogen-bond donors (Lipinski definition) is 2. The smallest absolute Gasteiger partial charge is 0.419 e. The molecule has 5 aromatic rings. The summed E-state index contributed by atoms with van der Waals surface area (Å²) >= 11 is 4.59. The Balaban J connectivity index is 1.14. The topological polar surface area (TPSA) is 154 Å². The number of imidazole rings is 1. The van der Waals surface area contributed by atoms with E-state index in [4.69, 9.17) is 14.5 Å². The first-order valence-electron chi connectivity index (χ1n) is 20.0. The summed E-state index contributed by atoms with van der Waals surface area (Å²) in [6, 6.07) is 30.1. The number of ether oxygens (including phenoxy) is 2. The second-order valence-corrected chi connectivity index (χ2v) is 19.1. The van der Waals surface area contributed by atoms with Crippen molar-refractivity contribution in [2.45, 2.75) is 81.5 Å². The van der Waals surface area contributed by atoms with Crippen LogP contribution in [0.25, 0.3) is 0 Å². The van der Waals surface area contributed by atoms with Gasteiger partial charge in [-0.1, -0.05) is 97.1 Å². The quantitative estimate of drug-likeness (QED) is 0.0618. The van der Waals surface area contributed by atoms with Gasteiger partial charge in [-0.2, -0.15) is 0 Å². The van der Waals surface area contributed by atoms with Crippen LogP contribution in [0.5, 0.6) is 0 Å². The highest BCUT2D eigenvalue weighted by atomic mass is 32.2. The van der Waals surface area contributed by atoms with Gasteiger partial charge < -0.3 is 20.1 Å². The van der Waals surface area contributed by atoms with Gasteiger partial charge in [0.25, 0.3) is 0 Å². The van der Waals surface area contributed by atoms with Gasteiger partial charge in [-0.05, 0) is 62.6 Å². The van der Waals surface area contributed by atoms with E-state index in [0.29, 0.717) is 39.4 Å². The number of amides is 2. The molecule has 0 saturated heterocycles. The van der Waals surface area contributed by atoms with Gasteiger partial charge in [-0.15, -0.1) is 34.9 Å². The molecular weight excluding hydrogens is 829 g/mol. The van der Waals surface area contributed by atoms with E-state index in [0.717, 1.165) is 16.7 Å². The molecule has 7 rings (SSSR count). The van der Waals surface area contributed by atoms with E-state index in [2.05, 4.69) is 93.4 Å². The van der Waals surface area contributed by atoms with Crippen molar-refractivity contribution >= 4 is 63.8 Å². The Hall–Kier alpha value is -5.51. The number of carbonyl (C=O) groups excluding carboxylic acids is 4. The summed E-state index contributed by atoms with van der Waals surface area (Å²) in [7, 11) is 0. The molecule has 4 heterocycles. The van der Waals surface area contributed by atoms with Crippen LogP contribution in [-0.2, 0) is 41.6 Å². The van der Waals surface area contributed by atoms with Crippen molar-refractivity contribution in [3.8, 4) is 0 Å². The summed E-state index contributed by atoms with van der Waals surface area (Å²) in [6.07, 6.45) is 5.14. The van der Waals surface area contributed by atoms with Crippen molar-refractivity contribution in [1.29, 1.82) is 0 Å². The molecule has 2 aliphatic heterocycles. The molecular formula is C46H48N6O6S3. The van der Waals surface area contributed by atoms with Crippen molar-refractivity contribution in [1.82, 2.24) is 25.2 Å². The van der Waals surface area contributed by atoms with Crippen LogP contribution >= 0.6 is 34.9 Å². The molecule has 0 aliphatic carbocycles. The Morgan fingerprint density at radius 2 is 1.62 bits per heavy atom. The SMILES string of the molecule is CC(C)(C)OC(=O)n1cnc(C[C@@H]2NC(=O)[C@]3(C)CSC(=N3)c3csc(n3)CNC(=O)C[C@@H](/C=C/CCSC(c3ccccc3)(c3ccccc3)c3ccccc3)OC2=O)c1.